The molecule has 3 aromatic carbocycles. The Morgan fingerprint density at radius 1 is 0.968 bits per heavy atom. The number of amides is 1. The lowest BCUT2D eigenvalue weighted by Crippen LogP contribution is -2.13. The number of benzene rings is 3. The van der Waals surface area contributed by atoms with Crippen molar-refractivity contribution in [2.45, 2.75) is 24.2 Å². The second-order valence-electron chi connectivity index (χ2n) is 7.11. The lowest BCUT2D eigenvalue weighted by atomic mass is 10.1. The molecule has 0 fully saturated rings. The molecular formula is C22H18N2O6S. The summed E-state index contributed by atoms with van der Waals surface area (Å²) in [5, 5.41) is 13.7. The van der Waals surface area contributed by atoms with Gasteiger partial charge in [-0.15, -0.1) is 0 Å². The summed E-state index contributed by atoms with van der Waals surface area (Å²) < 4.78 is 29.9. The van der Waals surface area contributed by atoms with E-state index in [9.17, 15) is 23.3 Å². The minimum atomic E-state index is -4.26. The van der Waals surface area contributed by atoms with Gasteiger partial charge in [-0.3, -0.25) is 14.9 Å². The van der Waals surface area contributed by atoms with Crippen molar-refractivity contribution in [1.29, 1.82) is 0 Å². The number of nitrogens with zero attached hydrogens (tertiary/aromatic N) is 1. The van der Waals surface area contributed by atoms with Gasteiger partial charge in [0, 0.05) is 23.4 Å². The summed E-state index contributed by atoms with van der Waals surface area (Å²) in [7, 11) is -4.26. The largest absolute Gasteiger partial charge is 0.379 e. The van der Waals surface area contributed by atoms with E-state index >= 15 is 0 Å². The third-order valence-electron chi connectivity index (χ3n) is 5.00. The Kier molecular flexibility index (Phi) is 5.43. The molecule has 9 heteroatoms. The van der Waals surface area contributed by atoms with E-state index in [0.717, 1.165) is 25.3 Å². The summed E-state index contributed by atoms with van der Waals surface area (Å²) in [6, 6.07) is 16.0. The lowest BCUT2D eigenvalue weighted by molar-refractivity contribution is -0.385. The second kappa shape index (κ2) is 8.19. The molecule has 0 atom stereocenters. The molecule has 1 aliphatic carbocycles. The molecule has 158 valence electrons. The summed E-state index contributed by atoms with van der Waals surface area (Å²) in [5.74, 6) is -0.341. The van der Waals surface area contributed by atoms with E-state index in [1.807, 2.05) is 18.2 Å². The van der Waals surface area contributed by atoms with Crippen LogP contribution in [0.5, 0.6) is 5.75 Å². The van der Waals surface area contributed by atoms with Crippen LogP contribution in [0.2, 0.25) is 0 Å². The van der Waals surface area contributed by atoms with Crippen molar-refractivity contribution in [3.05, 3.63) is 93.5 Å². The molecule has 0 heterocycles. The third kappa shape index (κ3) is 4.56. The van der Waals surface area contributed by atoms with E-state index in [1.165, 1.54) is 53.6 Å². The van der Waals surface area contributed by atoms with Gasteiger partial charge >= 0.3 is 10.1 Å². The Morgan fingerprint density at radius 3 is 2.45 bits per heavy atom. The Bertz CT molecular complexity index is 1270. The lowest BCUT2D eigenvalue weighted by Gasteiger charge is -2.09. The number of carbonyl (C=O) groups is 1. The van der Waals surface area contributed by atoms with Gasteiger partial charge in [0.1, 0.15) is 10.6 Å². The molecule has 0 radical (unpaired) electrons. The molecule has 0 aromatic heterocycles. The van der Waals surface area contributed by atoms with Crippen LogP contribution < -0.4 is 9.50 Å². The fourth-order valence-electron chi connectivity index (χ4n) is 3.44. The van der Waals surface area contributed by atoms with Crippen LogP contribution >= 0.6 is 0 Å². The molecule has 4 rings (SSSR count). The highest BCUT2D eigenvalue weighted by Crippen LogP contribution is 2.26. The van der Waals surface area contributed by atoms with Crippen LogP contribution in [0.1, 0.15) is 27.9 Å². The van der Waals surface area contributed by atoms with Gasteiger partial charge in [-0.2, -0.15) is 8.42 Å². The number of aryl methyl sites for hydroxylation is 2. The highest BCUT2D eigenvalue weighted by molar-refractivity contribution is 7.87. The summed E-state index contributed by atoms with van der Waals surface area (Å²) in [4.78, 5) is 22.3. The Morgan fingerprint density at radius 2 is 1.71 bits per heavy atom. The molecule has 0 saturated carbocycles. The summed E-state index contributed by atoms with van der Waals surface area (Å²) in [6.07, 6.45) is 3.18. The van der Waals surface area contributed by atoms with Crippen molar-refractivity contribution < 1.29 is 22.3 Å². The minimum Gasteiger partial charge on any atom is -0.379 e. The highest BCUT2D eigenvalue weighted by Gasteiger charge is 2.20. The first-order chi connectivity index (χ1) is 14.8. The second-order valence-corrected chi connectivity index (χ2v) is 8.65. The van der Waals surface area contributed by atoms with Gasteiger partial charge in [-0.25, -0.2) is 0 Å². The molecule has 8 nitrogen and oxygen atoms in total. The number of nitro groups is 1. The number of nitro benzene ring substituents is 1. The number of carbonyl (C=O) groups excluding carboxylic acids is 1. The first-order valence-corrected chi connectivity index (χ1v) is 10.9. The average molecular weight is 438 g/mol. The summed E-state index contributed by atoms with van der Waals surface area (Å²) in [6.45, 7) is 0. The van der Waals surface area contributed by atoms with Gasteiger partial charge in [0.2, 0.25) is 0 Å². The van der Waals surface area contributed by atoms with E-state index in [2.05, 4.69) is 5.32 Å². The quantitative estimate of drug-likeness (QED) is 0.352. The Balaban J connectivity index is 1.46. The van der Waals surface area contributed by atoms with Crippen molar-refractivity contribution in [3.63, 3.8) is 0 Å². The molecule has 3 aromatic rings. The van der Waals surface area contributed by atoms with Crippen molar-refractivity contribution >= 4 is 27.4 Å². The smallest absolute Gasteiger partial charge is 0.339 e. The molecule has 31 heavy (non-hydrogen) atoms. The summed E-state index contributed by atoms with van der Waals surface area (Å²) in [5.41, 5.74) is 3.24. The van der Waals surface area contributed by atoms with E-state index in [0.29, 0.717) is 11.3 Å². The number of nitrogens with one attached hydrogen (secondary N) is 1. The van der Waals surface area contributed by atoms with Crippen LogP contribution in [0.4, 0.5) is 11.4 Å². The third-order valence-corrected chi connectivity index (χ3v) is 6.24. The predicted molar refractivity (Wildman–Crippen MR) is 114 cm³/mol. The maximum Gasteiger partial charge on any atom is 0.339 e. The van der Waals surface area contributed by atoms with Gasteiger partial charge in [-0.05, 0) is 72.9 Å². The maximum atomic E-state index is 12.5. The van der Waals surface area contributed by atoms with Crippen LogP contribution in [0, 0.1) is 10.1 Å². The zero-order valence-corrected chi connectivity index (χ0v) is 17.1. The van der Waals surface area contributed by atoms with E-state index in [4.69, 9.17) is 4.18 Å². The first-order valence-electron chi connectivity index (χ1n) is 9.54. The predicted octanol–water partition coefficient (Wildman–Crippen LogP) is 4.10. The van der Waals surface area contributed by atoms with E-state index in [-0.39, 0.29) is 22.2 Å². The first kappa shape index (κ1) is 20.5. The van der Waals surface area contributed by atoms with Gasteiger partial charge in [-0.1, -0.05) is 12.1 Å². The fourth-order valence-corrected chi connectivity index (χ4v) is 4.41. The molecule has 0 bridgehead atoms. The molecule has 0 spiro atoms. The van der Waals surface area contributed by atoms with Gasteiger partial charge in [0.25, 0.3) is 11.6 Å². The fraction of sp³-hybridized carbons (Fsp3) is 0.136. The molecule has 1 aliphatic rings. The van der Waals surface area contributed by atoms with Crippen LogP contribution in [0.3, 0.4) is 0 Å². The Labute approximate surface area is 178 Å². The molecule has 1 N–H and O–H groups in total. The van der Waals surface area contributed by atoms with Gasteiger partial charge in [0.15, 0.2) is 0 Å². The number of rotatable bonds is 6. The average Bonchev–Trinajstić information content (AvgIpc) is 3.22. The number of fused-ring (bicyclic) bond motifs is 1. The summed E-state index contributed by atoms with van der Waals surface area (Å²) >= 11 is 0. The molecule has 0 aliphatic heterocycles. The van der Waals surface area contributed by atoms with Crippen molar-refractivity contribution in [2.24, 2.45) is 0 Å². The molecular weight excluding hydrogens is 420 g/mol. The van der Waals surface area contributed by atoms with Crippen LogP contribution in [-0.2, 0) is 23.0 Å². The minimum absolute atomic E-state index is 0.0133. The van der Waals surface area contributed by atoms with Crippen LogP contribution in [0.25, 0.3) is 0 Å². The SMILES string of the molecule is O=C(Nc1ccc2c(c1)CCC2)c1ccc(OS(=O)(=O)c2cccc([N+](=O)[O-])c2)cc1. The zero-order valence-electron chi connectivity index (χ0n) is 16.3. The molecule has 0 saturated heterocycles. The van der Waals surface area contributed by atoms with E-state index < -0.39 is 15.0 Å². The van der Waals surface area contributed by atoms with Gasteiger partial charge < -0.3 is 9.50 Å². The number of hydrogen-bond donors (Lipinski definition) is 1. The standard InChI is InChI=1S/C22H18N2O6S/c25-22(23-18-10-7-15-3-1-4-17(15)13-18)16-8-11-20(12-9-16)30-31(28,29)21-6-2-5-19(14-21)24(26)27/h2,5-14H,1,3-4H2,(H,23,25). The Hall–Kier alpha value is -3.72. The van der Waals surface area contributed by atoms with E-state index in [1.54, 1.807) is 0 Å². The van der Waals surface area contributed by atoms with Crippen molar-refractivity contribution in [1.82, 2.24) is 0 Å². The zero-order chi connectivity index (χ0) is 22.0. The molecule has 1 amide bonds. The normalized spacial score (nSPS) is 12.8. The maximum absolute atomic E-state index is 12.5. The van der Waals surface area contributed by atoms with Crippen molar-refractivity contribution in [3.8, 4) is 5.75 Å². The number of non-ortho nitro benzene ring substituents is 1. The highest BCUT2D eigenvalue weighted by atomic mass is 32.2. The number of hydrogen-bond acceptors (Lipinski definition) is 6. The van der Waals surface area contributed by atoms with Gasteiger partial charge in [0.05, 0.1) is 4.92 Å². The van der Waals surface area contributed by atoms with Crippen LogP contribution in [0.15, 0.2) is 71.6 Å². The number of anilines is 1. The topological polar surface area (TPSA) is 116 Å². The molecule has 0 unspecified atom stereocenters. The monoisotopic (exact) mass is 438 g/mol. The van der Waals surface area contributed by atoms with Crippen molar-refractivity contribution in [2.75, 3.05) is 5.32 Å². The van der Waals surface area contributed by atoms with Crippen LogP contribution in [-0.4, -0.2) is 19.2 Å².